The molecule has 0 aromatic heterocycles. The lowest BCUT2D eigenvalue weighted by Crippen LogP contribution is -1.66. The average molecular weight is 234 g/mol. The molecule has 0 saturated heterocycles. The first kappa shape index (κ1) is 21.0. The van der Waals surface area contributed by atoms with Crippen LogP contribution in [0.1, 0.15) is 48.0 Å². The van der Waals surface area contributed by atoms with Crippen LogP contribution >= 0.6 is 0 Å². The molecule has 0 radical (unpaired) electrons. The lowest BCUT2D eigenvalue weighted by Gasteiger charge is -1.87. The predicted molar refractivity (Wildman–Crippen MR) is 84.4 cm³/mol. The highest BCUT2D eigenvalue weighted by Gasteiger charge is 1.75. The summed E-state index contributed by atoms with van der Waals surface area (Å²) in [6, 6.07) is 0. The summed E-state index contributed by atoms with van der Waals surface area (Å²) in [5, 5.41) is 0. The monoisotopic (exact) mass is 234 g/mol. The van der Waals surface area contributed by atoms with Crippen molar-refractivity contribution in [2.24, 2.45) is 0 Å². The van der Waals surface area contributed by atoms with Crippen LogP contribution in [0.4, 0.5) is 0 Å². The van der Waals surface area contributed by atoms with E-state index in [0.29, 0.717) is 0 Å². The normalized spacial score (nSPS) is 10.9. The molecule has 0 atom stereocenters. The molecule has 0 spiro atoms. The van der Waals surface area contributed by atoms with E-state index in [1.54, 1.807) is 12.2 Å². The maximum Gasteiger partial charge on any atom is -0.0349 e. The molecule has 0 aliphatic carbocycles. The van der Waals surface area contributed by atoms with Crippen molar-refractivity contribution in [2.45, 2.75) is 48.0 Å². The van der Waals surface area contributed by atoms with Gasteiger partial charge in [-0.15, -0.1) is 0 Å². The molecule has 98 valence electrons. The van der Waals surface area contributed by atoms with Crippen LogP contribution in [0.15, 0.2) is 60.8 Å². The third-order valence-corrected chi connectivity index (χ3v) is 1.83. The van der Waals surface area contributed by atoms with Gasteiger partial charge in [0.2, 0.25) is 0 Å². The van der Waals surface area contributed by atoms with E-state index >= 15 is 0 Å². The van der Waals surface area contributed by atoms with Gasteiger partial charge in [-0.3, -0.25) is 0 Å². The van der Waals surface area contributed by atoms with Crippen LogP contribution in [-0.2, 0) is 0 Å². The lowest BCUT2D eigenvalue weighted by molar-refractivity contribution is 1.10. The standard InChI is InChI=1S/C8H14.C7H10.C2H6/c1-4-6-7-8(3)5-2;1-4-6-7(3)5-2;1-2/h4,6-7H,5H2,1-3H3;4-6H,1-2H2,3H3;1-2H3/b6-4-,8-7+;7-6-;. The van der Waals surface area contributed by atoms with Gasteiger partial charge in [-0.25, -0.2) is 0 Å². The SMILES string of the molecule is C/C=C\C=C(/C)CC.C=C/C=C(/C)C=C.CC. The minimum Gasteiger partial charge on any atom is -0.0991 e. The summed E-state index contributed by atoms with van der Waals surface area (Å²) in [5.74, 6) is 0. The number of hydrogen-bond donors (Lipinski definition) is 0. The van der Waals surface area contributed by atoms with Crippen molar-refractivity contribution in [1.29, 1.82) is 0 Å². The van der Waals surface area contributed by atoms with Crippen molar-refractivity contribution in [2.75, 3.05) is 0 Å². The predicted octanol–water partition coefficient (Wildman–Crippen LogP) is 6.25. The van der Waals surface area contributed by atoms with Gasteiger partial charge in [-0.05, 0) is 27.2 Å². The first-order valence-corrected chi connectivity index (χ1v) is 6.32. The van der Waals surface area contributed by atoms with Crippen molar-refractivity contribution in [3.8, 4) is 0 Å². The second-order valence-corrected chi connectivity index (χ2v) is 3.24. The fourth-order valence-electron chi connectivity index (χ4n) is 0.632. The summed E-state index contributed by atoms with van der Waals surface area (Å²) in [6.07, 6.45) is 12.9. The summed E-state index contributed by atoms with van der Waals surface area (Å²) in [5.41, 5.74) is 2.58. The molecular formula is C17H30. The molecule has 0 amide bonds. The molecular weight excluding hydrogens is 204 g/mol. The fourth-order valence-corrected chi connectivity index (χ4v) is 0.632. The smallest absolute Gasteiger partial charge is 0.0349 e. The Kier molecular flexibility index (Phi) is 24.9. The van der Waals surface area contributed by atoms with Crippen LogP contribution < -0.4 is 0 Å². The van der Waals surface area contributed by atoms with Crippen molar-refractivity contribution >= 4 is 0 Å². The molecule has 17 heavy (non-hydrogen) atoms. The zero-order valence-corrected chi connectivity index (χ0v) is 12.6. The van der Waals surface area contributed by atoms with Gasteiger partial charge >= 0.3 is 0 Å². The van der Waals surface area contributed by atoms with Crippen LogP contribution in [0.25, 0.3) is 0 Å². The Morgan fingerprint density at radius 2 is 1.59 bits per heavy atom. The quantitative estimate of drug-likeness (QED) is 0.504. The molecule has 0 aromatic carbocycles. The highest BCUT2D eigenvalue weighted by Crippen LogP contribution is 1.96. The zero-order chi connectivity index (χ0) is 14.1. The number of rotatable bonds is 4. The second kappa shape index (κ2) is 20.2. The maximum absolute atomic E-state index is 3.56. The molecule has 0 heterocycles. The Balaban J connectivity index is -0.000000202. The molecule has 0 heteroatoms. The molecule has 0 nitrogen and oxygen atoms in total. The Hall–Kier alpha value is -1.30. The first-order chi connectivity index (χ1) is 8.12. The Morgan fingerprint density at radius 1 is 1.06 bits per heavy atom. The number of hydrogen-bond acceptors (Lipinski definition) is 0. The minimum absolute atomic E-state index is 1.15. The van der Waals surface area contributed by atoms with Gasteiger partial charge < -0.3 is 0 Å². The van der Waals surface area contributed by atoms with E-state index < -0.39 is 0 Å². The topological polar surface area (TPSA) is 0 Å². The zero-order valence-electron chi connectivity index (χ0n) is 12.6. The molecule has 0 N–H and O–H groups in total. The molecule has 0 unspecified atom stereocenters. The molecule has 0 aliphatic rings. The number of allylic oxidation sites excluding steroid dienone is 8. The van der Waals surface area contributed by atoms with Gasteiger partial charge in [0.25, 0.3) is 0 Å². The van der Waals surface area contributed by atoms with Crippen molar-refractivity contribution in [1.82, 2.24) is 0 Å². The summed E-state index contributed by atoms with van der Waals surface area (Å²) >= 11 is 0. The van der Waals surface area contributed by atoms with Crippen LogP contribution in [0, 0.1) is 0 Å². The first-order valence-electron chi connectivity index (χ1n) is 6.32. The van der Waals surface area contributed by atoms with Crippen LogP contribution in [0.2, 0.25) is 0 Å². The van der Waals surface area contributed by atoms with Crippen molar-refractivity contribution < 1.29 is 0 Å². The Bertz CT molecular complexity index is 249. The average Bonchev–Trinajstić information content (AvgIpc) is 2.39. The van der Waals surface area contributed by atoms with E-state index in [2.05, 4.69) is 39.2 Å². The highest BCUT2D eigenvalue weighted by molar-refractivity contribution is 5.17. The third kappa shape index (κ3) is 25.2. The van der Waals surface area contributed by atoms with Crippen molar-refractivity contribution in [3.05, 3.63) is 60.8 Å². The van der Waals surface area contributed by atoms with Crippen LogP contribution in [-0.4, -0.2) is 0 Å². The molecule has 0 saturated carbocycles. The molecule has 0 aliphatic heterocycles. The van der Waals surface area contributed by atoms with Gasteiger partial charge in [-0.2, -0.15) is 0 Å². The Labute approximate surface area is 109 Å². The minimum atomic E-state index is 1.15. The van der Waals surface area contributed by atoms with Gasteiger partial charge in [0.15, 0.2) is 0 Å². The summed E-state index contributed by atoms with van der Waals surface area (Å²) < 4.78 is 0. The van der Waals surface area contributed by atoms with Gasteiger partial charge in [0, 0.05) is 0 Å². The molecule has 0 aromatic rings. The lowest BCUT2D eigenvalue weighted by atomic mass is 10.2. The second-order valence-electron chi connectivity index (χ2n) is 3.24. The van der Waals surface area contributed by atoms with E-state index in [9.17, 15) is 0 Å². The Morgan fingerprint density at radius 3 is 1.82 bits per heavy atom. The largest absolute Gasteiger partial charge is 0.0991 e. The molecule has 0 rings (SSSR count). The summed E-state index contributed by atoms with van der Waals surface area (Å²) in [6.45, 7) is 19.4. The van der Waals surface area contributed by atoms with E-state index in [4.69, 9.17) is 0 Å². The van der Waals surface area contributed by atoms with E-state index in [-0.39, 0.29) is 0 Å². The van der Waals surface area contributed by atoms with Gasteiger partial charge in [-0.1, -0.05) is 81.5 Å². The summed E-state index contributed by atoms with van der Waals surface area (Å²) in [4.78, 5) is 0. The third-order valence-electron chi connectivity index (χ3n) is 1.83. The van der Waals surface area contributed by atoms with Crippen molar-refractivity contribution in [3.63, 3.8) is 0 Å². The molecule has 0 fully saturated rings. The maximum atomic E-state index is 3.56. The van der Waals surface area contributed by atoms with Crippen LogP contribution in [0.3, 0.4) is 0 Å². The summed E-state index contributed by atoms with van der Waals surface area (Å²) in [7, 11) is 0. The molecule has 0 bridgehead atoms. The van der Waals surface area contributed by atoms with Gasteiger partial charge in [0.05, 0.1) is 0 Å². The van der Waals surface area contributed by atoms with E-state index in [0.717, 1.165) is 12.0 Å². The van der Waals surface area contributed by atoms with Gasteiger partial charge in [0.1, 0.15) is 0 Å². The fraction of sp³-hybridized carbons (Fsp3) is 0.412. The van der Waals surface area contributed by atoms with E-state index in [1.165, 1.54) is 5.57 Å². The van der Waals surface area contributed by atoms with E-state index in [1.807, 2.05) is 39.8 Å². The highest BCUT2D eigenvalue weighted by atomic mass is 13.8. The van der Waals surface area contributed by atoms with Crippen LogP contribution in [0.5, 0.6) is 0 Å².